The summed E-state index contributed by atoms with van der Waals surface area (Å²) < 4.78 is 0. The topological polar surface area (TPSA) is 26.0 Å². The summed E-state index contributed by atoms with van der Waals surface area (Å²) in [6, 6.07) is 8.64. The molecule has 0 fully saturated rings. The second-order valence-electron chi connectivity index (χ2n) is 4.49. The average Bonchev–Trinajstić information content (AvgIpc) is 2.43. The number of hydrogen-bond donors (Lipinski definition) is 1. The molecule has 2 N–H and O–H groups in total. The summed E-state index contributed by atoms with van der Waals surface area (Å²) in [5, 5.41) is 0. The van der Waals surface area contributed by atoms with Crippen LogP contribution < -0.4 is 5.73 Å². The molecule has 1 aliphatic carbocycles. The van der Waals surface area contributed by atoms with E-state index in [4.69, 9.17) is 5.73 Å². The van der Waals surface area contributed by atoms with Gasteiger partial charge in [-0.25, -0.2) is 0 Å². The molecule has 0 bridgehead atoms. The zero-order valence-electron chi connectivity index (χ0n) is 10.3. The molecule has 1 heteroatoms. The molecule has 0 atom stereocenters. The lowest BCUT2D eigenvalue weighted by atomic mass is 10.0. The van der Waals surface area contributed by atoms with Crippen molar-refractivity contribution in [2.75, 3.05) is 0 Å². The number of hydrogen-bond acceptors (Lipinski definition) is 1. The maximum atomic E-state index is 5.89. The van der Waals surface area contributed by atoms with E-state index in [9.17, 15) is 0 Å². The van der Waals surface area contributed by atoms with Crippen LogP contribution in [0.25, 0.3) is 5.57 Å². The van der Waals surface area contributed by atoms with Gasteiger partial charge in [-0.2, -0.15) is 0 Å². The minimum Gasteiger partial charge on any atom is -0.399 e. The lowest BCUT2D eigenvalue weighted by Crippen LogP contribution is -1.92. The second kappa shape index (κ2) is 5.53. The van der Waals surface area contributed by atoms with Crippen molar-refractivity contribution in [3.8, 4) is 0 Å². The van der Waals surface area contributed by atoms with Crippen LogP contribution in [0.5, 0.6) is 0 Å². The predicted octanol–water partition coefficient (Wildman–Crippen LogP) is 3.96. The van der Waals surface area contributed by atoms with E-state index in [1.54, 1.807) is 0 Å². The summed E-state index contributed by atoms with van der Waals surface area (Å²) in [7, 11) is 0. The van der Waals surface area contributed by atoms with E-state index in [-0.39, 0.29) is 0 Å². The zero-order chi connectivity index (χ0) is 12.1. The fourth-order valence-corrected chi connectivity index (χ4v) is 1.93. The third-order valence-corrected chi connectivity index (χ3v) is 2.99. The molecule has 88 valence electrons. The Morgan fingerprint density at radius 3 is 2.41 bits per heavy atom. The van der Waals surface area contributed by atoms with Crippen molar-refractivity contribution in [1.82, 2.24) is 0 Å². The van der Waals surface area contributed by atoms with Crippen LogP contribution in [-0.4, -0.2) is 0 Å². The molecule has 0 amide bonds. The summed E-state index contributed by atoms with van der Waals surface area (Å²) in [5.41, 5.74) is 10.6. The van der Waals surface area contributed by atoms with Gasteiger partial charge in [0.1, 0.15) is 0 Å². The van der Waals surface area contributed by atoms with Gasteiger partial charge in [0.2, 0.25) is 0 Å². The molecule has 0 saturated heterocycles. The SMILES string of the molecule is Cc1ccc(C2=C/CCC/C=C(N)/C=C\2)cc1. The van der Waals surface area contributed by atoms with E-state index in [1.165, 1.54) is 16.7 Å². The van der Waals surface area contributed by atoms with E-state index in [0.29, 0.717) is 0 Å². The standard InChI is InChI=1S/C16H19N/c1-13-7-9-15(10-8-13)14-5-3-2-4-6-16(17)12-11-14/h5-12H,2-4,17H2,1H3/b12-11-,14-5+,16-6-. The average molecular weight is 225 g/mol. The third kappa shape index (κ3) is 3.35. The largest absolute Gasteiger partial charge is 0.399 e. The molecular formula is C16H19N. The first kappa shape index (κ1) is 11.7. The summed E-state index contributed by atoms with van der Waals surface area (Å²) in [5.74, 6) is 0. The summed E-state index contributed by atoms with van der Waals surface area (Å²) in [6.45, 7) is 2.11. The lowest BCUT2D eigenvalue weighted by molar-refractivity contribution is 0.866. The number of nitrogens with two attached hydrogens (primary N) is 1. The van der Waals surface area contributed by atoms with Crippen LogP contribution in [0.4, 0.5) is 0 Å². The number of benzene rings is 1. The molecule has 1 aromatic carbocycles. The zero-order valence-corrected chi connectivity index (χ0v) is 10.3. The molecule has 0 heterocycles. The highest BCUT2D eigenvalue weighted by Crippen LogP contribution is 2.20. The smallest absolute Gasteiger partial charge is 0.0273 e. The highest BCUT2D eigenvalue weighted by atomic mass is 14.5. The minimum atomic E-state index is 0.866. The minimum absolute atomic E-state index is 0.866. The fourth-order valence-electron chi connectivity index (χ4n) is 1.93. The van der Waals surface area contributed by atoms with Crippen LogP contribution in [-0.2, 0) is 0 Å². The van der Waals surface area contributed by atoms with Gasteiger partial charge in [0, 0.05) is 5.70 Å². The van der Waals surface area contributed by atoms with Gasteiger partial charge in [-0.15, -0.1) is 0 Å². The van der Waals surface area contributed by atoms with Crippen molar-refractivity contribution >= 4 is 5.57 Å². The van der Waals surface area contributed by atoms with E-state index in [1.807, 2.05) is 6.08 Å². The van der Waals surface area contributed by atoms with Gasteiger partial charge < -0.3 is 5.73 Å². The molecule has 1 aromatic rings. The molecule has 1 nitrogen and oxygen atoms in total. The molecule has 0 unspecified atom stereocenters. The van der Waals surface area contributed by atoms with Gasteiger partial charge in [-0.3, -0.25) is 0 Å². The first-order valence-electron chi connectivity index (χ1n) is 6.16. The van der Waals surface area contributed by atoms with Crippen LogP contribution >= 0.6 is 0 Å². The van der Waals surface area contributed by atoms with E-state index in [0.717, 1.165) is 25.0 Å². The number of aryl methyl sites for hydroxylation is 1. The first-order chi connectivity index (χ1) is 8.25. The summed E-state index contributed by atoms with van der Waals surface area (Å²) in [6.07, 6.45) is 11.8. The van der Waals surface area contributed by atoms with Crippen molar-refractivity contribution in [1.29, 1.82) is 0 Å². The van der Waals surface area contributed by atoms with Gasteiger partial charge in [-0.1, -0.05) is 48.1 Å². The Hall–Kier alpha value is -1.76. The van der Waals surface area contributed by atoms with Crippen LogP contribution in [0.1, 0.15) is 30.4 Å². The van der Waals surface area contributed by atoms with Crippen molar-refractivity contribution < 1.29 is 0 Å². The van der Waals surface area contributed by atoms with Crippen LogP contribution in [0.15, 0.2) is 54.3 Å². The Morgan fingerprint density at radius 1 is 0.941 bits per heavy atom. The molecule has 0 radical (unpaired) electrons. The molecule has 17 heavy (non-hydrogen) atoms. The molecule has 0 spiro atoms. The Kier molecular flexibility index (Phi) is 3.81. The Labute approximate surface area is 103 Å². The maximum absolute atomic E-state index is 5.89. The van der Waals surface area contributed by atoms with Crippen molar-refractivity contribution in [3.05, 3.63) is 65.4 Å². The van der Waals surface area contributed by atoms with Crippen LogP contribution in [0, 0.1) is 6.92 Å². The monoisotopic (exact) mass is 225 g/mol. The van der Waals surface area contributed by atoms with Gasteiger partial charge in [0.15, 0.2) is 0 Å². The summed E-state index contributed by atoms with van der Waals surface area (Å²) >= 11 is 0. The fraction of sp³-hybridized carbons (Fsp3) is 0.250. The highest BCUT2D eigenvalue weighted by molar-refractivity contribution is 5.74. The van der Waals surface area contributed by atoms with Gasteiger partial charge in [0.05, 0.1) is 0 Å². The third-order valence-electron chi connectivity index (χ3n) is 2.99. The number of rotatable bonds is 1. The Morgan fingerprint density at radius 2 is 1.65 bits per heavy atom. The Balaban J connectivity index is 2.29. The van der Waals surface area contributed by atoms with Crippen molar-refractivity contribution in [2.24, 2.45) is 5.73 Å². The van der Waals surface area contributed by atoms with Gasteiger partial charge >= 0.3 is 0 Å². The van der Waals surface area contributed by atoms with Crippen molar-refractivity contribution in [2.45, 2.75) is 26.2 Å². The summed E-state index contributed by atoms with van der Waals surface area (Å²) in [4.78, 5) is 0. The van der Waals surface area contributed by atoms with Crippen molar-refractivity contribution in [3.63, 3.8) is 0 Å². The lowest BCUT2D eigenvalue weighted by Gasteiger charge is -2.03. The van der Waals surface area contributed by atoms with Crippen LogP contribution in [0.2, 0.25) is 0 Å². The second-order valence-corrected chi connectivity index (χ2v) is 4.49. The van der Waals surface area contributed by atoms with Gasteiger partial charge in [-0.05, 0) is 43.4 Å². The predicted molar refractivity (Wildman–Crippen MR) is 74.4 cm³/mol. The van der Waals surface area contributed by atoms with Gasteiger partial charge in [0.25, 0.3) is 0 Å². The molecule has 0 aromatic heterocycles. The molecular weight excluding hydrogens is 206 g/mol. The quantitative estimate of drug-likeness (QED) is 0.769. The van der Waals surface area contributed by atoms with E-state index < -0.39 is 0 Å². The first-order valence-corrected chi connectivity index (χ1v) is 6.16. The van der Waals surface area contributed by atoms with E-state index >= 15 is 0 Å². The normalized spacial score (nSPS) is 24.5. The molecule has 0 aliphatic heterocycles. The molecule has 0 saturated carbocycles. The molecule has 1 aliphatic rings. The Bertz CT molecular complexity index is 461. The highest BCUT2D eigenvalue weighted by Gasteiger charge is 1.99. The van der Waals surface area contributed by atoms with Crippen LogP contribution in [0.3, 0.4) is 0 Å². The molecule has 2 rings (SSSR count). The van der Waals surface area contributed by atoms with E-state index in [2.05, 4.69) is 49.4 Å². The number of allylic oxidation sites excluding steroid dienone is 5. The maximum Gasteiger partial charge on any atom is 0.0273 e.